The first-order valence-corrected chi connectivity index (χ1v) is 12.6. The van der Waals surface area contributed by atoms with Gasteiger partial charge in [-0.25, -0.2) is 5.48 Å². The summed E-state index contributed by atoms with van der Waals surface area (Å²) < 4.78 is 0. The molecule has 0 aliphatic rings. The van der Waals surface area contributed by atoms with Gasteiger partial charge in [0.2, 0.25) is 5.91 Å². The fourth-order valence-corrected chi connectivity index (χ4v) is 4.31. The van der Waals surface area contributed by atoms with Gasteiger partial charge in [-0.2, -0.15) is 0 Å². The molecular weight excluding hydrogens is 434 g/mol. The third-order valence-electron chi connectivity index (χ3n) is 6.42. The number of anilines is 1. The smallest absolute Gasteiger partial charge is 0.243 e. The normalized spacial score (nSPS) is 11.4. The molecule has 35 heavy (non-hydrogen) atoms. The largest absolute Gasteiger partial charge is 0.378 e. The number of unbranched alkanes of at least 4 members (excludes halogenated alkanes) is 2. The van der Waals surface area contributed by atoms with Crippen LogP contribution in [0.3, 0.4) is 0 Å². The minimum Gasteiger partial charge on any atom is -0.378 e. The van der Waals surface area contributed by atoms with Gasteiger partial charge in [0.25, 0.3) is 0 Å². The van der Waals surface area contributed by atoms with Crippen LogP contribution in [0.25, 0.3) is 10.8 Å². The van der Waals surface area contributed by atoms with E-state index in [0.29, 0.717) is 6.42 Å². The van der Waals surface area contributed by atoms with Crippen molar-refractivity contribution in [3.05, 3.63) is 90.0 Å². The molecule has 0 aliphatic heterocycles. The van der Waals surface area contributed by atoms with Gasteiger partial charge in [0.1, 0.15) is 0 Å². The van der Waals surface area contributed by atoms with Gasteiger partial charge in [0.15, 0.2) is 0 Å². The van der Waals surface area contributed by atoms with Crippen molar-refractivity contribution >= 4 is 22.4 Å². The number of carbonyl (C=O) groups excluding carboxylic acids is 1. The fourth-order valence-electron chi connectivity index (χ4n) is 4.31. The molecule has 2 N–H and O–H groups in total. The highest BCUT2D eigenvalue weighted by Crippen LogP contribution is 2.19. The molecule has 0 unspecified atom stereocenters. The van der Waals surface area contributed by atoms with E-state index in [9.17, 15) is 4.79 Å². The van der Waals surface area contributed by atoms with Crippen LogP contribution in [0.4, 0.5) is 5.69 Å². The summed E-state index contributed by atoms with van der Waals surface area (Å²) in [6.45, 7) is 2.90. The zero-order valence-electron chi connectivity index (χ0n) is 21.1. The molecule has 0 saturated carbocycles. The molecule has 5 nitrogen and oxygen atoms in total. The highest BCUT2D eigenvalue weighted by atomic mass is 16.5. The molecule has 3 aromatic rings. The summed E-state index contributed by atoms with van der Waals surface area (Å²) in [5.41, 5.74) is 5.63. The SMILES string of the molecule is CN(C)c1ccc(C/C=C/CN(CCCCCC(=O)NO)CCc2cccc3ccccc23)cc1. The Hall–Kier alpha value is -3.15. The molecule has 0 fully saturated rings. The first kappa shape index (κ1) is 26.5. The fraction of sp³-hybridized carbons (Fsp3) is 0.367. The Bertz CT molecular complexity index is 1070. The van der Waals surface area contributed by atoms with E-state index in [0.717, 1.165) is 51.7 Å². The van der Waals surface area contributed by atoms with Crippen molar-refractivity contribution in [2.75, 3.05) is 38.6 Å². The molecule has 3 aromatic carbocycles. The van der Waals surface area contributed by atoms with Gasteiger partial charge in [0, 0.05) is 39.3 Å². The molecule has 0 atom stereocenters. The highest BCUT2D eigenvalue weighted by molar-refractivity contribution is 5.85. The second-order valence-electron chi connectivity index (χ2n) is 9.27. The predicted molar refractivity (Wildman–Crippen MR) is 146 cm³/mol. The number of carbonyl (C=O) groups is 1. The molecule has 0 saturated heterocycles. The van der Waals surface area contributed by atoms with Crippen molar-refractivity contribution < 1.29 is 10.0 Å². The Kier molecular flexibility index (Phi) is 10.8. The highest BCUT2D eigenvalue weighted by Gasteiger charge is 2.07. The summed E-state index contributed by atoms with van der Waals surface area (Å²) in [5.74, 6) is -0.306. The third-order valence-corrected chi connectivity index (χ3v) is 6.42. The van der Waals surface area contributed by atoms with Gasteiger partial charge in [0.05, 0.1) is 0 Å². The third kappa shape index (κ3) is 8.85. The second kappa shape index (κ2) is 14.3. The topological polar surface area (TPSA) is 55.8 Å². The van der Waals surface area contributed by atoms with Crippen LogP contribution in [0, 0.1) is 0 Å². The van der Waals surface area contributed by atoms with Gasteiger partial charge in [-0.3, -0.25) is 14.9 Å². The van der Waals surface area contributed by atoms with Crippen molar-refractivity contribution in [3.63, 3.8) is 0 Å². The van der Waals surface area contributed by atoms with E-state index in [1.165, 1.54) is 27.6 Å². The van der Waals surface area contributed by atoms with Crippen LogP contribution in [-0.2, 0) is 17.6 Å². The molecule has 0 bridgehead atoms. The van der Waals surface area contributed by atoms with Gasteiger partial charge in [-0.15, -0.1) is 0 Å². The number of nitrogens with zero attached hydrogens (tertiary/aromatic N) is 2. The van der Waals surface area contributed by atoms with Crippen molar-refractivity contribution in [1.29, 1.82) is 0 Å². The van der Waals surface area contributed by atoms with Crippen LogP contribution < -0.4 is 10.4 Å². The summed E-state index contributed by atoms with van der Waals surface area (Å²) in [7, 11) is 4.12. The Morgan fingerprint density at radius 1 is 0.886 bits per heavy atom. The number of hydrogen-bond donors (Lipinski definition) is 2. The number of amides is 1. The molecule has 3 rings (SSSR count). The molecule has 5 heteroatoms. The van der Waals surface area contributed by atoms with Crippen LogP contribution in [-0.4, -0.2) is 49.7 Å². The molecule has 0 radical (unpaired) electrons. The Morgan fingerprint density at radius 2 is 1.66 bits per heavy atom. The summed E-state index contributed by atoms with van der Waals surface area (Å²) in [6, 6.07) is 23.9. The number of nitrogens with one attached hydrogen (secondary N) is 1. The number of hydrogen-bond acceptors (Lipinski definition) is 4. The standard InChI is InChI=1S/C30H39N3O2/c1-32(2)28-19-17-25(18-20-28)11-7-9-23-33(22-8-3-4-16-30(34)31-35)24-21-27-14-10-13-26-12-5-6-15-29(26)27/h5-7,9-10,12-15,17-20,35H,3-4,8,11,16,21-24H2,1-2H3,(H,31,34)/b9-7+. The number of allylic oxidation sites excluding steroid dienone is 1. The van der Waals surface area contributed by atoms with Gasteiger partial charge in [-0.1, -0.05) is 73.2 Å². The second-order valence-corrected chi connectivity index (χ2v) is 9.27. The minimum atomic E-state index is -0.306. The average molecular weight is 474 g/mol. The number of hydroxylamine groups is 1. The lowest BCUT2D eigenvalue weighted by Gasteiger charge is -2.21. The Balaban J connectivity index is 1.55. The lowest BCUT2D eigenvalue weighted by atomic mass is 10.0. The van der Waals surface area contributed by atoms with Crippen LogP contribution >= 0.6 is 0 Å². The predicted octanol–water partition coefficient (Wildman–Crippen LogP) is 5.62. The van der Waals surface area contributed by atoms with Crippen molar-refractivity contribution in [2.45, 2.75) is 38.5 Å². The zero-order chi connectivity index (χ0) is 24.9. The van der Waals surface area contributed by atoms with Crippen LogP contribution in [0.2, 0.25) is 0 Å². The van der Waals surface area contributed by atoms with Crippen LogP contribution in [0.1, 0.15) is 36.8 Å². The van der Waals surface area contributed by atoms with Gasteiger partial charge in [-0.05, 0) is 66.3 Å². The number of benzene rings is 3. The van der Waals surface area contributed by atoms with E-state index in [1.807, 2.05) is 0 Å². The van der Waals surface area contributed by atoms with Crippen molar-refractivity contribution in [2.24, 2.45) is 0 Å². The Morgan fingerprint density at radius 3 is 2.43 bits per heavy atom. The van der Waals surface area contributed by atoms with Crippen molar-refractivity contribution in [1.82, 2.24) is 10.4 Å². The van der Waals surface area contributed by atoms with E-state index in [4.69, 9.17) is 5.21 Å². The average Bonchev–Trinajstić information content (AvgIpc) is 2.89. The summed E-state index contributed by atoms with van der Waals surface area (Å²) in [5, 5.41) is 11.3. The first-order valence-electron chi connectivity index (χ1n) is 12.6. The lowest BCUT2D eigenvalue weighted by Crippen LogP contribution is -2.27. The summed E-state index contributed by atoms with van der Waals surface area (Å²) in [4.78, 5) is 15.8. The number of fused-ring (bicyclic) bond motifs is 1. The molecule has 0 spiro atoms. The van der Waals surface area contributed by atoms with Crippen LogP contribution in [0.15, 0.2) is 78.9 Å². The Labute approximate surface area is 210 Å². The van der Waals surface area contributed by atoms with Gasteiger partial charge >= 0.3 is 0 Å². The van der Waals surface area contributed by atoms with E-state index >= 15 is 0 Å². The molecule has 0 heterocycles. The maximum atomic E-state index is 11.2. The lowest BCUT2D eigenvalue weighted by molar-refractivity contribution is -0.129. The first-order chi connectivity index (χ1) is 17.1. The van der Waals surface area contributed by atoms with E-state index in [2.05, 4.69) is 103 Å². The quantitative estimate of drug-likeness (QED) is 0.138. The number of rotatable bonds is 14. The summed E-state index contributed by atoms with van der Waals surface area (Å²) in [6.07, 6.45) is 9.66. The minimum absolute atomic E-state index is 0.306. The van der Waals surface area contributed by atoms with E-state index in [-0.39, 0.29) is 5.91 Å². The zero-order valence-corrected chi connectivity index (χ0v) is 21.1. The molecule has 0 aromatic heterocycles. The van der Waals surface area contributed by atoms with Crippen LogP contribution in [0.5, 0.6) is 0 Å². The molecule has 0 aliphatic carbocycles. The molecule has 186 valence electrons. The maximum absolute atomic E-state index is 11.2. The molecule has 1 amide bonds. The van der Waals surface area contributed by atoms with Gasteiger partial charge < -0.3 is 4.90 Å². The monoisotopic (exact) mass is 473 g/mol. The van der Waals surface area contributed by atoms with E-state index < -0.39 is 0 Å². The summed E-state index contributed by atoms with van der Waals surface area (Å²) >= 11 is 0. The maximum Gasteiger partial charge on any atom is 0.243 e. The molecular formula is C30H39N3O2. The van der Waals surface area contributed by atoms with Crippen molar-refractivity contribution in [3.8, 4) is 0 Å². The van der Waals surface area contributed by atoms with E-state index in [1.54, 1.807) is 5.48 Å².